The van der Waals surface area contributed by atoms with Crippen molar-refractivity contribution in [2.45, 2.75) is 39.5 Å². The van der Waals surface area contributed by atoms with Crippen LogP contribution in [0.3, 0.4) is 0 Å². The second-order valence-electron chi connectivity index (χ2n) is 5.49. The number of rotatable bonds is 3. The molecule has 0 spiro atoms. The maximum atomic E-state index is 12.2. The predicted octanol–water partition coefficient (Wildman–Crippen LogP) is 0.801. The molecule has 2 aromatic heterocycles. The molecule has 0 radical (unpaired) electrons. The van der Waals surface area contributed by atoms with E-state index in [1.807, 2.05) is 18.9 Å². The van der Waals surface area contributed by atoms with Gasteiger partial charge in [0.05, 0.1) is 6.42 Å². The van der Waals surface area contributed by atoms with Gasteiger partial charge in [0.1, 0.15) is 6.33 Å². The number of carbonyl (C=O) groups is 1. The number of carbonyl (C=O) groups excluding carboxylic acids is 1. The van der Waals surface area contributed by atoms with Crippen molar-refractivity contribution in [3.63, 3.8) is 0 Å². The van der Waals surface area contributed by atoms with Crippen molar-refractivity contribution in [3.8, 4) is 0 Å². The Balaban J connectivity index is 1.76. The zero-order valence-electron chi connectivity index (χ0n) is 12.5. The number of nitrogens with one attached hydrogen (secondary N) is 1. The number of hydrazine groups is 1. The fourth-order valence-corrected chi connectivity index (χ4v) is 2.79. The van der Waals surface area contributed by atoms with E-state index in [0.29, 0.717) is 12.2 Å². The van der Waals surface area contributed by atoms with Crippen molar-refractivity contribution in [1.29, 1.82) is 0 Å². The Labute approximate surface area is 123 Å². The van der Waals surface area contributed by atoms with Crippen molar-refractivity contribution >= 4 is 11.7 Å². The molecule has 0 saturated carbocycles. The number of amides is 1. The van der Waals surface area contributed by atoms with E-state index in [1.54, 1.807) is 4.52 Å². The van der Waals surface area contributed by atoms with Gasteiger partial charge >= 0.3 is 0 Å². The van der Waals surface area contributed by atoms with Crippen LogP contribution in [0.2, 0.25) is 0 Å². The zero-order chi connectivity index (χ0) is 14.8. The molecule has 0 aromatic carbocycles. The van der Waals surface area contributed by atoms with Crippen LogP contribution in [0, 0.1) is 13.8 Å². The molecular formula is C14H20N6O. The van der Waals surface area contributed by atoms with Crippen LogP contribution in [0.15, 0.2) is 6.33 Å². The first-order valence-corrected chi connectivity index (χ1v) is 7.35. The number of piperidine rings is 1. The number of aryl methyl sites for hydroxylation is 2. The topological polar surface area (TPSA) is 75.4 Å². The molecule has 7 nitrogen and oxygen atoms in total. The second kappa shape index (κ2) is 5.77. The predicted molar refractivity (Wildman–Crippen MR) is 77.5 cm³/mol. The summed E-state index contributed by atoms with van der Waals surface area (Å²) in [4.78, 5) is 20.7. The molecule has 1 saturated heterocycles. The maximum absolute atomic E-state index is 12.2. The third-order valence-corrected chi connectivity index (χ3v) is 3.96. The molecule has 2 aromatic rings. The molecule has 1 aliphatic heterocycles. The number of aromatic nitrogens is 4. The third-order valence-electron chi connectivity index (χ3n) is 3.96. The summed E-state index contributed by atoms with van der Waals surface area (Å²) >= 11 is 0. The zero-order valence-corrected chi connectivity index (χ0v) is 12.5. The highest BCUT2D eigenvalue weighted by Crippen LogP contribution is 2.14. The summed E-state index contributed by atoms with van der Waals surface area (Å²) in [6.07, 6.45) is 5.33. The highest BCUT2D eigenvalue weighted by Gasteiger charge is 2.17. The fourth-order valence-electron chi connectivity index (χ4n) is 2.79. The van der Waals surface area contributed by atoms with Gasteiger partial charge in [-0.15, -0.1) is 0 Å². The lowest BCUT2D eigenvalue weighted by molar-refractivity contribution is -0.125. The Morgan fingerprint density at radius 1 is 1.29 bits per heavy atom. The van der Waals surface area contributed by atoms with Crippen LogP contribution in [0.1, 0.15) is 36.2 Å². The van der Waals surface area contributed by atoms with Crippen LogP contribution in [-0.2, 0) is 11.2 Å². The minimum atomic E-state index is 0.00404. The molecule has 0 atom stereocenters. The van der Waals surface area contributed by atoms with Gasteiger partial charge in [-0.3, -0.25) is 10.2 Å². The van der Waals surface area contributed by atoms with Gasteiger partial charge in [-0.1, -0.05) is 6.42 Å². The normalized spacial score (nSPS) is 16.3. The number of fused-ring (bicyclic) bond motifs is 1. The van der Waals surface area contributed by atoms with Crippen molar-refractivity contribution in [2.75, 3.05) is 13.1 Å². The molecule has 3 rings (SSSR count). The van der Waals surface area contributed by atoms with Crippen molar-refractivity contribution in [2.24, 2.45) is 0 Å². The average Bonchev–Trinajstić information content (AvgIpc) is 2.93. The standard InChI is InChI=1S/C14H20N6O/c1-10-12(11(2)20-14(17-10)15-9-16-20)8-13(21)18-19-6-4-3-5-7-19/h9H,3-8H2,1-2H3,(H,18,21). The highest BCUT2D eigenvalue weighted by atomic mass is 16.2. The number of nitrogens with zero attached hydrogens (tertiary/aromatic N) is 5. The lowest BCUT2D eigenvalue weighted by Crippen LogP contribution is -2.45. The van der Waals surface area contributed by atoms with Gasteiger partial charge in [0.15, 0.2) is 0 Å². The summed E-state index contributed by atoms with van der Waals surface area (Å²) < 4.78 is 1.68. The molecule has 0 unspecified atom stereocenters. The van der Waals surface area contributed by atoms with Crippen molar-refractivity contribution in [3.05, 3.63) is 23.3 Å². The Morgan fingerprint density at radius 3 is 2.81 bits per heavy atom. The third kappa shape index (κ3) is 2.87. The lowest BCUT2D eigenvalue weighted by atomic mass is 10.1. The molecule has 3 heterocycles. The van der Waals surface area contributed by atoms with Crippen LogP contribution >= 0.6 is 0 Å². The quantitative estimate of drug-likeness (QED) is 0.904. The first-order chi connectivity index (χ1) is 10.1. The van der Waals surface area contributed by atoms with Gasteiger partial charge < -0.3 is 0 Å². The molecule has 112 valence electrons. The number of hydrogen-bond acceptors (Lipinski definition) is 5. The summed E-state index contributed by atoms with van der Waals surface area (Å²) in [5, 5.41) is 6.16. The van der Waals surface area contributed by atoms with E-state index in [2.05, 4.69) is 20.5 Å². The molecule has 7 heteroatoms. The Kier molecular flexibility index (Phi) is 3.83. The summed E-state index contributed by atoms with van der Waals surface area (Å²) in [6.45, 7) is 5.72. The van der Waals surface area contributed by atoms with Crippen LogP contribution in [0.5, 0.6) is 0 Å². The van der Waals surface area contributed by atoms with E-state index in [1.165, 1.54) is 12.7 Å². The molecule has 1 amide bonds. The average molecular weight is 288 g/mol. The SMILES string of the molecule is Cc1nc2ncnn2c(C)c1CC(=O)NN1CCCCC1. The highest BCUT2D eigenvalue weighted by molar-refractivity contribution is 5.78. The summed E-state index contributed by atoms with van der Waals surface area (Å²) in [6, 6.07) is 0. The Morgan fingerprint density at radius 2 is 2.05 bits per heavy atom. The van der Waals surface area contributed by atoms with E-state index in [0.717, 1.165) is 42.9 Å². The minimum Gasteiger partial charge on any atom is -0.289 e. The van der Waals surface area contributed by atoms with Gasteiger partial charge in [-0.05, 0) is 26.7 Å². The molecule has 1 fully saturated rings. The summed E-state index contributed by atoms with van der Waals surface area (Å²) in [5.41, 5.74) is 5.66. The lowest BCUT2D eigenvalue weighted by Gasteiger charge is -2.27. The van der Waals surface area contributed by atoms with E-state index >= 15 is 0 Å². The van der Waals surface area contributed by atoms with Gasteiger partial charge in [0, 0.05) is 30.0 Å². The van der Waals surface area contributed by atoms with E-state index < -0.39 is 0 Å². The first-order valence-electron chi connectivity index (χ1n) is 7.35. The van der Waals surface area contributed by atoms with Gasteiger partial charge in [0.2, 0.25) is 5.91 Å². The van der Waals surface area contributed by atoms with E-state index in [4.69, 9.17) is 0 Å². The van der Waals surface area contributed by atoms with Gasteiger partial charge in [0.25, 0.3) is 5.78 Å². The molecule has 21 heavy (non-hydrogen) atoms. The minimum absolute atomic E-state index is 0.00404. The van der Waals surface area contributed by atoms with Crippen LogP contribution in [-0.4, -0.2) is 43.6 Å². The van der Waals surface area contributed by atoms with Gasteiger partial charge in [-0.2, -0.15) is 10.1 Å². The molecule has 0 bridgehead atoms. The van der Waals surface area contributed by atoms with Crippen LogP contribution in [0.4, 0.5) is 0 Å². The molecular weight excluding hydrogens is 268 g/mol. The van der Waals surface area contributed by atoms with Crippen molar-refractivity contribution in [1.82, 2.24) is 30.0 Å². The monoisotopic (exact) mass is 288 g/mol. The smallest absolute Gasteiger partial charge is 0.252 e. The summed E-state index contributed by atoms with van der Waals surface area (Å²) in [7, 11) is 0. The second-order valence-corrected chi connectivity index (χ2v) is 5.49. The fraction of sp³-hybridized carbons (Fsp3) is 0.571. The summed E-state index contributed by atoms with van der Waals surface area (Å²) in [5.74, 6) is 0.578. The largest absolute Gasteiger partial charge is 0.289 e. The van der Waals surface area contributed by atoms with Crippen molar-refractivity contribution < 1.29 is 4.79 Å². The first kappa shape index (κ1) is 13.9. The van der Waals surface area contributed by atoms with E-state index in [9.17, 15) is 4.79 Å². The molecule has 0 aliphatic carbocycles. The Hall–Kier alpha value is -2.02. The maximum Gasteiger partial charge on any atom is 0.252 e. The molecule has 1 aliphatic rings. The van der Waals surface area contributed by atoms with Crippen LogP contribution in [0.25, 0.3) is 5.78 Å². The van der Waals surface area contributed by atoms with Crippen LogP contribution < -0.4 is 5.43 Å². The number of hydrogen-bond donors (Lipinski definition) is 1. The molecule has 1 N–H and O–H groups in total. The van der Waals surface area contributed by atoms with Gasteiger partial charge in [-0.25, -0.2) is 14.5 Å². The van der Waals surface area contributed by atoms with E-state index in [-0.39, 0.29) is 5.91 Å². The Bertz CT molecular complexity index is 659.